The smallest absolute Gasteiger partial charge is 0.235 e. The first-order valence-electron chi connectivity index (χ1n) is 10.5. The van der Waals surface area contributed by atoms with Gasteiger partial charge >= 0.3 is 0 Å². The summed E-state index contributed by atoms with van der Waals surface area (Å²) in [6.45, 7) is 3.10. The fraction of sp³-hybridized carbons (Fsp3) is 0.292. The summed E-state index contributed by atoms with van der Waals surface area (Å²) in [5, 5.41) is 3.06. The van der Waals surface area contributed by atoms with Crippen LogP contribution in [0.4, 0.5) is 5.95 Å². The Hall–Kier alpha value is -3.25. The van der Waals surface area contributed by atoms with Crippen molar-refractivity contribution in [3.63, 3.8) is 0 Å². The first-order chi connectivity index (χ1) is 14.8. The van der Waals surface area contributed by atoms with Crippen LogP contribution in [0.5, 0.6) is 0 Å². The van der Waals surface area contributed by atoms with E-state index in [2.05, 4.69) is 61.5 Å². The number of anilines is 1. The monoisotopic (exact) mass is 399 g/mol. The molecular weight excluding hydrogens is 374 g/mol. The highest BCUT2D eigenvalue weighted by molar-refractivity contribution is 5.80. The Morgan fingerprint density at radius 2 is 1.57 bits per heavy atom. The van der Waals surface area contributed by atoms with Crippen molar-refractivity contribution < 1.29 is 4.79 Å². The molecular formula is C24H25N5O. The molecule has 2 saturated heterocycles. The van der Waals surface area contributed by atoms with Crippen molar-refractivity contribution in [1.29, 1.82) is 0 Å². The molecule has 30 heavy (non-hydrogen) atoms. The molecule has 2 aliphatic rings. The second-order valence-electron chi connectivity index (χ2n) is 7.95. The predicted molar refractivity (Wildman–Crippen MR) is 117 cm³/mol. The van der Waals surface area contributed by atoms with Crippen molar-refractivity contribution in [2.24, 2.45) is 0 Å². The zero-order valence-electron chi connectivity index (χ0n) is 16.9. The normalized spacial score (nSPS) is 19.3. The zero-order chi connectivity index (χ0) is 20.3. The number of amides is 1. The molecule has 152 valence electrons. The molecule has 0 spiro atoms. The van der Waals surface area contributed by atoms with E-state index < -0.39 is 0 Å². The Kier molecular flexibility index (Phi) is 5.15. The molecule has 3 heterocycles. The van der Waals surface area contributed by atoms with Gasteiger partial charge in [0.15, 0.2) is 0 Å². The summed E-state index contributed by atoms with van der Waals surface area (Å²) in [6.07, 6.45) is 5.89. The van der Waals surface area contributed by atoms with Crippen molar-refractivity contribution in [2.75, 3.05) is 24.5 Å². The van der Waals surface area contributed by atoms with E-state index in [1.807, 2.05) is 30.6 Å². The molecule has 1 aromatic heterocycles. The Morgan fingerprint density at radius 1 is 0.900 bits per heavy atom. The molecule has 2 aliphatic heterocycles. The Balaban J connectivity index is 1.30. The lowest BCUT2D eigenvalue weighted by Gasteiger charge is -2.23. The number of carbonyl (C=O) groups excluding carboxylic acids is 1. The van der Waals surface area contributed by atoms with Gasteiger partial charge in [0.05, 0.1) is 6.54 Å². The summed E-state index contributed by atoms with van der Waals surface area (Å²) >= 11 is 0. The molecule has 2 fully saturated rings. The number of benzene rings is 2. The van der Waals surface area contributed by atoms with Gasteiger partial charge in [0, 0.05) is 37.6 Å². The SMILES string of the molecule is O=C1CN(Cc2ccc(-c3ccccc3)cc2)[C@H](c2cnc(N3CCCC3)nc2)N1. The highest BCUT2D eigenvalue weighted by atomic mass is 16.2. The van der Waals surface area contributed by atoms with Gasteiger partial charge in [-0.25, -0.2) is 9.97 Å². The van der Waals surface area contributed by atoms with E-state index in [1.54, 1.807) is 0 Å². The second-order valence-corrected chi connectivity index (χ2v) is 7.95. The average molecular weight is 399 g/mol. The third kappa shape index (κ3) is 3.91. The third-order valence-corrected chi connectivity index (χ3v) is 5.82. The van der Waals surface area contributed by atoms with E-state index in [0.717, 1.165) is 24.6 Å². The average Bonchev–Trinajstić information content (AvgIpc) is 3.45. The largest absolute Gasteiger partial charge is 0.341 e. The number of hydrogen-bond acceptors (Lipinski definition) is 5. The third-order valence-electron chi connectivity index (χ3n) is 5.82. The van der Waals surface area contributed by atoms with Crippen LogP contribution in [0.3, 0.4) is 0 Å². The van der Waals surface area contributed by atoms with E-state index in [9.17, 15) is 4.79 Å². The topological polar surface area (TPSA) is 61.4 Å². The molecule has 1 amide bonds. The molecule has 5 rings (SSSR count). The molecule has 0 aliphatic carbocycles. The van der Waals surface area contributed by atoms with Gasteiger partial charge in [-0.3, -0.25) is 9.69 Å². The lowest BCUT2D eigenvalue weighted by atomic mass is 10.0. The minimum atomic E-state index is -0.195. The number of carbonyl (C=O) groups is 1. The van der Waals surface area contributed by atoms with Gasteiger partial charge in [-0.05, 0) is 29.5 Å². The van der Waals surface area contributed by atoms with E-state index in [4.69, 9.17) is 0 Å². The predicted octanol–water partition coefficient (Wildman–Crippen LogP) is 3.37. The molecule has 6 heteroatoms. The molecule has 0 radical (unpaired) electrons. The Morgan fingerprint density at radius 3 is 2.27 bits per heavy atom. The summed E-state index contributed by atoms with van der Waals surface area (Å²) in [6, 6.07) is 18.9. The maximum atomic E-state index is 12.1. The highest BCUT2D eigenvalue weighted by Gasteiger charge is 2.31. The van der Waals surface area contributed by atoms with Gasteiger partial charge in [-0.1, -0.05) is 54.6 Å². The Labute approximate surface area is 176 Å². The summed E-state index contributed by atoms with van der Waals surface area (Å²) in [5.41, 5.74) is 4.49. The van der Waals surface area contributed by atoms with Crippen molar-refractivity contribution in [3.8, 4) is 11.1 Å². The maximum absolute atomic E-state index is 12.1. The number of nitrogens with zero attached hydrogens (tertiary/aromatic N) is 4. The fourth-order valence-corrected chi connectivity index (χ4v) is 4.23. The van der Waals surface area contributed by atoms with Crippen molar-refractivity contribution in [1.82, 2.24) is 20.2 Å². The van der Waals surface area contributed by atoms with E-state index in [0.29, 0.717) is 13.1 Å². The van der Waals surface area contributed by atoms with Crippen LogP contribution in [0.25, 0.3) is 11.1 Å². The Bertz CT molecular complexity index is 998. The van der Waals surface area contributed by atoms with Gasteiger partial charge in [0.2, 0.25) is 11.9 Å². The number of nitrogens with one attached hydrogen (secondary N) is 1. The first kappa shape index (κ1) is 18.8. The highest BCUT2D eigenvalue weighted by Crippen LogP contribution is 2.26. The van der Waals surface area contributed by atoms with Gasteiger partial charge in [0.1, 0.15) is 6.17 Å². The first-order valence-corrected chi connectivity index (χ1v) is 10.5. The quantitative estimate of drug-likeness (QED) is 0.713. The molecule has 2 aromatic carbocycles. The molecule has 0 saturated carbocycles. The van der Waals surface area contributed by atoms with E-state index in [-0.39, 0.29) is 12.1 Å². The van der Waals surface area contributed by atoms with E-state index in [1.165, 1.54) is 29.5 Å². The molecule has 0 unspecified atom stereocenters. The van der Waals surface area contributed by atoms with Gasteiger partial charge in [0.25, 0.3) is 0 Å². The lowest BCUT2D eigenvalue weighted by molar-refractivity contribution is -0.118. The minimum Gasteiger partial charge on any atom is -0.341 e. The van der Waals surface area contributed by atoms with Crippen molar-refractivity contribution in [3.05, 3.63) is 78.1 Å². The molecule has 3 aromatic rings. The van der Waals surface area contributed by atoms with Crippen LogP contribution in [0, 0.1) is 0 Å². The fourth-order valence-electron chi connectivity index (χ4n) is 4.23. The standard InChI is InChI=1S/C24H25N5O/c30-22-17-29(16-18-8-10-20(11-9-18)19-6-2-1-3-7-19)23(27-22)21-14-25-24(26-15-21)28-12-4-5-13-28/h1-3,6-11,14-15,23H,4-5,12-13,16-17H2,(H,27,30)/t23-/m1/s1. The molecule has 6 nitrogen and oxygen atoms in total. The van der Waals surface area contributed by atoms with Crippen LogP contribution in [-0.4, -0.2) is 40.4 Å². The lowest BCUT2D eigenvalue weighted by Crippen LogP contribution is -2.28. The summed E-state index contributed by atoms with van der Waals surface area (Å²) < 4.78 is 0. The number of aromatic nitrogens is 2. The summed E-state index contributed by atoms with van der Waals surface area (Å²) in [7, 11) is 0. The second kappa shape index (κ2) is 8.24. The number of hydrogen-bond donors (Lipinski definition) is 1. The summed E-state index contributed by atoms with van der Waals surface area (Å²) in [5.74, 6) is 0.813. The molecule has 0 bridgehead atoms. The maximum Gasteiger partial charge on any atom is 0.235 e. The minimum absolute atomic E-state index is 0.0320. The molecule has 1 atom stereocenters. The van der Waals surface area contributed by atoms with Crippen molar-refractivity contribution >= 4 is 11.9 Å². The van der Waals surface area contributed by atoms with Gasteiger partial charge < -0.3 is 10.2 Å². The van der Waals surface area contributed by atoms with Gasteiger partial charge in [-0.15, -0.1) is 0 Å². The van der Waals surface area contributed by atoms with Gasteiger partial charge in [-0.2, -0.15) is 0 Å². The zero-order valence-corrected chi connectivity index (χ0v) is 16.9. The van der Waals surface area contributed by atoms with Crippen LogP contribution in [0.2, 0.25) is 0 Å². The van der Waals surface area contributed by atoms with Crippen LogP contribution >= 0.6 is 0 Å². The van der Waals surface area contributed by atoms with Crippen molar-refractivity contribution in [2.45, 2.75) is 25.6 Å². The van der Waals surface area contributed by atoms with E-state index >= 15 is 0 Å². The summed E-state index contributed by atoms with van der Waals surface area (Å²) in [4.78, 5) is 25.6. The van der Waals surface area contributed by atoms with Crippen LogP contribution < -0.4 is 10.2 Å². The van der Waals surface area contributed by atoms with Crippen LogP contribution in [-0.2, 0) is 11.3 Å². The number of rotatable bonds is 5. The van der Waals surface area contributed by atoms with Crippen LogP contribution in [0.1, 0.15) is 30.1 Å². The van der Waals surface area contributed by atoms with Crippen LogP contribution in [0.15, 0.2) is 67.0 Å². The molecule has 1 N–H and O–H groups in total.